The molecule has 0 fully saturated rings. The molecule has 0 atom stereocenters. The molecule has 3 heteroatoms. The summed E-state index contributed by atoms with van der Waals surface area (Å²) in [6.07, 6.45) is 2.96. The summed E-state index contributed by atoms with van der Waals surface area (Å²) >= 11 is 0. The third-order valence-electron chi connectivity index (χ3n) is 7.47. The van der Waals surface area contributed by atoms with E-state index >= 15 is 0 Å². The topological polar surface area (TPSA) is 20.5 Å². The first-order valence-corrected chi connectivity index (χ1v) is 12.4. The monoisotopic (exact) mass is 455 g/mol. The van der Waals surface area contributed by atoms with Crippen LogP contribution < -0.4 is 4.90 Å². The zero-order chi connectivity index (χ0) is 24.1. The third kappa shape index (κ3) is 2.81. The maximum absolute atomic E-state index is 5.00. The lowest BCUT2D eigenvalue weighted by Gasteiger charge is -2.23. The van der Waals surface area contributed by atoms with Crippen molar-refractivity contribution in [3.8, 4) is 0 Å². The van der Waals surface area contributed by atoms with E-state index in [1.807, 2.05) is 6.20 Å². The summed E-state index contributed by atoms with van der Waals surface area (Å²) in [6, 6.07) is 24.8. The van der Waals surface area contributed by atoms with Gasteiger partial charge < -0.3 is 9.30 Å². The van der Waals surface area contributed by atoms with Gasteiger partial charge in [0.05, 0.1) is 22.1 Å². The predicted molar refractivity (Wildman–Crippen MR) is 151 cm³/mol. The van der Waals surface area contributed by atoms with Crippen molar-refractivity contribution >= 4 is 65.5 Å². The number of pyridine rings is 2. The first-order valence-electron chi connectivity index (χ1n) is 12.4. The van der Waals surface area contributed by atoms with Gasteiger partial charge in [-0.2, -0.15) is 0 Å². The Hall–Kier alpha value is -3.85. The summed E-state index contributed by atoms with van der Waals surface area (Å²) in [7, 11) is 4.22. The average molecular weight is 456 g/mol. The molecule has 0 unspecified atom stereocenters. The molecule has 7 rings (SSSR count). The van der Waals surface area contributed by atoms with Crippen molar-refractivity contribution in [2.75, 3.05) is 19.0 Å². The lowest BCUT2D eigenvalue weighted by molar-refractivity contribution is 0.413. The molecule has 0 aliphatic rings. The molecule has 0 radical (unpaired) electrons. The minimum absolute atomic E-state index is 0.147. The van der Waals surface area contributed by atoms with Crippen molar-refractivity contribution in [2.45, 2.75) is 27.2 Å². The second-order valence-corrected chi connectivity index (χ2v) is 11.4. The van der Waals surface area contributed by atoms with E-state index in [2.05, 4.69) is 111 Å². The highest BCUT2D eigenvalue weighted by Gasteiger charge is 2.24. The Morgan fingerprint density at radius 1 is 0.771 bits per heavy atom. The molecule has 0 bridgehead atoms. The summed E-state index contributed by atoms with van der Waals surface area (Å²) in [5, 5.41) is 8.96. The molecule has 0 saturated heterocycles. The molecule has 3 aromatic heterocycles. The first kappa shape index (κ1) is 20.5. The molecule has 172 valence electrons. The van der Waals surface area contributed by atoms with Crippen molar-refractivity contribution in [3.05, 3.63) is 78.5 Å². The van der Waals surface area contributed by atoms with Gasteiger partial charge in [-0.3, -0.25) is 4.98 Å². The maximum atomic E-state index is 5.00. The van der Waals surface area contributed by atoms with Crippen molar-refractivity contribution in [2.24, 2.45) is 5.41 Å². The van der Waals surface area contributed by atoms with Gasteiger partial charge in [0.2, 0.25) is 0 Å². The second kappa shape index (κ2) is 6.85. The fraction of sp³-hybridized carbons (Fsp3) is 0.219. The lowest BCUT2D eigenvalue weighted by Crippen LogP contribution is -2.11. The van der Waals surface area contributed by atoms with Crippen LogP contribution in [0.5, 0.6) is 0 Å². The quantitative estimate of drug-likeness (QED) is 0.193. The number of aromatic nitrogens is 2. The van der Waals surface area contributed by atoms with E-state index in [4.69, 9.17) is 4.98 Å². The Morgan fingerprint density at radius 3 is 2.40 bits per heavy atom. The summed E-state index contributed by atoms with van der Waals surface area (Å²) in [6.45, 7) is 7.01. The minimum atomic E-state index is 0.147. The van der Waals surface area contributed by atoms with E-state index in [0.29, 0.717) is 0 Å². The smallest absolute Gasteiger partial charge is 0.0823 e. The number of anilines is 1. The van der Waals surface area contributed by atoms with Crippen LogP contribution in [-0.2, 0) is 6.42 Å². The maximum Gasteiger partial charge on any atom is 0.0823 e. The molecule has 0 aliphatic carbocycles. The Bertz CT molecular complexity index is 1930. The molecule has 7 aromatic rings. The zero-order valence-corrected chi connectivity index (χ0v) is 21.0. The summed E-state index contributed by atoms with van der Waals surface area (Å²) in [5.74, 6) is 0. The van der Waals surface area contributed by atoms with Crippen LogP contribution >= 0.6 is 0 Å². The van der Waals surface area contributed by atoms with E-state index in [1.54, 1.807) is 0 Å². The van der Waals surface area contributed by atoms with E-state index in [0.717, 1.165) is 11.9 Å². The fourth-order valence-corrected chi connectivity index (χ4v) is 6.03. The van der Waals surface area contributed by atoms with Gasteiger partial charge in [-0.05, 0) is 63.9 Å². The molecule has 4 aromatic carbocycles. The average Bonchev–Trinajstić information content (AvgIpc) is 3.17. The molecular formula is C32H29N3. The predicted octanol–water partition coefficient (Wildman–Crippen LogP) is 8.19. The first-order chi connectivity index (χ1) is 16.8. The number of nitrogens with zero attached hydrogens (tertiary/aromatic N) is 3. The Balaban J connectivity index is 1.84. The van der Waals surface area contributed by atoms with Crippen LogP contribution in [0.2, 0.25) is 0 Å². The van der Waals surface area contributed by atoms with Crippen LogP contribution in [0, 0.1) is 5.41 Å². The van der Waals surface area contributed by atoms with Crippen molar-refractivity contribution < 1.29 is 0 Å². The minimum Gasteiger partial charge on any atom is -0.378 e. The van der Waals surface area contributed by atoms with Crippen LogP contribution in [0.25, 0.3) is 59.8 Å². The number of hydrogen-bond acceptors (Lipinski definition) is 2. The largest absolute Gasteiger partial charge is 0.378 e. The second-order valence-electron chi connectivity index (χ2n) is 11.4. The highest BCUT2D eigenvalue weighted by atomic mass is 15.1. The van der Waals surface area contributed by atoms with E-state index in [9.17, 15) is 0 Å². The van der Waals surface area contributed by atoms with Crippen LogP contribution in [0.3, 0.4) is 0 Å². The number of fused-ring (bicyclic) bond motifs is 7. The van der Waals surface area contributed by atoms with E-state index < -0.39 is 0 Å². The van der Waals surface area contributed by atoms with Gasteiger partial charge >= 0.3 is 0 Å². The molecule has 3 heterocycles. The summed E-state index contributed by atoms with van der Waals surface area (Å²) < 4.78 is 2.55. The highest BCUT2D eigenvalue weighted by Crippen LogP contribution is 2.44. The van der Waals surface area contributed by atoms with Crippen molar-refractivity contribution in [1.82, 2.24) is 9.38 Å². The van der Waals surface area contributed by atoms with Crippen LogP contribution in [0.15, 0.2) is 72.9 Å². The zero-order valence-electron chi connectivity index (χ0n) is 21.0. The van der Waals surface area contributed by atoms with Gasteiger partial charge in [0.1, 0.15) is 0 Å². The number of benzene rings is 4. The van der Waals surface area contributed by atoms with Gasteiger partial charge in [-0.1, -0.05) is 57.2 Å². The standard InChI is InChI=1S/C32H29N3/c1-32(2,3)18-26-22-9-7-6-8-20(22)16-25-29-28-19(14-15-33-29)10-12-23-24-17-21(34(4)5)11-13-27(24)35(30(25)26)31(23)28/h6-17H,18H2,1-5H3. The lowest BCUT2D eigenvalue weighted by atomic mass is 9.84. The number of hydrogen-bond donors (Lipinski definition) is 0. The number of rotatable bonds is 2. The van der Waals surface area contributed by atoms with Gasteiger partial charge in [0, 0.05) is 47.5 Å². The summed E-state index contributed by atoms with van der Waals surface area (Å²) in [4.78, 5) is 7.18. The highest BCUT2D eigenvalue weighted by molar-refractivity contribution is 6.29. The van der Waals surface area contributed by atoms with Crippen LogP contribution in [-0.4, -0.2) is 23.5 Å². The van der Waals surface area contributed by atoms with Crippen LogP contribution in [0.1, 0.15) is 26.3 Å². The molecule has 0 saturated carbocycles. The Morgan fingerprint density at radius 2 is 1.60 bits per heavy atom. The van der Waals surface area contributed by atoms with Gasteiger partial charge in [-0.15, -0.1) is 0 Å². The molecule has 0 aliphatic heterocycles. The normalized spacial score (nSPS) is 12.8. The van der Waals surface area contributed by atoms with E-state index in [1.165, 1.54) is 65.5 Å². The van der Waals surface area contributed by atoms with Gasteiger partial charge in [-0.25, -0.2) is 0 Å². The summed E-state index contributed by atoms with van der Waals surface area (Å²) in [5.41, 5.74) is 7.73. The third-order valence-corrected chi connectivity index (χ3v) is 7.47. The SMILES string of the molecule is CN(C)c1ccc2c(c1)c1ccc3ccnc4c5cc6ccccc6c(CC(C)(C)C)c5n2c1c34. The van der Waals surface area contributed by atoms with Crippen LogP contribution in [0.4, 0.5) is 5.69 Å². The van der Waals surface area contributed by atoms with Crippen molar-refractivity contribution in [1.29, 1.82) is 0 Å². The molecule has 0 N–H and O–H groups in total. The molecule has 3 nitrogen and oxygen atoms in total. The molecular weight excluding hydrogens is 426 g/mol. The Labute approximate surface area is 204 Å². The molecule has 0 amide bonds. The van der Waals surface area contributed by atoms with Gasteiger partial charge in [0.15, 0.2) is 0 Å². The van der Waals surface area contributed by atoms with E-state index in [-0.39, 0.29) is 5.41 Å². The fourth-order valence-electron chi connectivity index (χ4n) is 6.03. The van der Waals surface area contributed by atoms with Crippen molar-refractivity contribution in [3.63, 3.8) is 0 Å². The molecule has 35 heavy (non-hydrogen) atoms. The Kier molecular flexibility index (Phi) is 4.02. The molecule has 0 spiro atoms. The van der Waals surface area contributed by atoms with Gasteiger partial charge in [0.25, 0.3) is 0 Å².